The highest BCUT2D eigenvalue weighted by Crippen LogP contribution is 2.10. The molecule has 1 aromatic rings. The molecular weight excluding hydrogens is 257 g/mol. The molecule has 0 bridgehead atoms. The smallest absolute Gasteiger partial charge is 0.227 e. The fourth-order valence-corrected chi connectivity index (χ4v) is 2.54. The number of hydrogen-bond acceptors (Lipinski definition) is 3. The van der Waals surface area contributed by atoms with Gasteiger partial charge in [-0.3, -0.25) is 4.79 Å². The topological polar surface area (TPSA) is 49.6 Å². The van der Waals surface area contributed by atoms with Crippen molar-refractivity contribution in [1.82, 2.24) is 9.80 Å². The molecule has 1 fully saturated rings. The van der Waals surface area contributed by atoms with E-state index in [1.165, 1.54) is 6.07 Å². The molecule has 2 N–H and O–H groups in total. The second kappa shape index (κ2) is 7.36. The average molecular weight is 279 g/mol. The van der Waals surface area contributed by atoms with Crippen LogP contribution in [-0.4, -0.2) is 55.0 Å². The summed E-state index contributed by atoms with van der Waals surface area (Å²) < 4.78 is 13.6. The Balaban J connectivity index is 1.91. The maximum absolute atomic E-state index is 13.6. The van der Waals surface area contributed by atoms with Gasteiger partial charge in [0.2, 0.25) is 5.91 Å². The Morgan fingerprint density at radius 2 is 2.00 bits per heavy atom. The summed E-state index contributed by atoms with van der Waals surface area (Å²) in [4.78, 5) is 16.4. The molecule has 0 saturated carbocycles. The molecule has 1 heterocycles. The number of benzene rings is 1. The highest BCUT2D eigenvalue weighted by atomic mass is 19.1. The number of carbonyl (C=O) groups excluding carboxylic acids is 1. The first-order valence-electron chi connectivity index (χ1n) is 7.14. The second-order valence-electron chi connectivity index (χ2n) is 5.13. The summed E-state index contributed by atoms with van der Waals surface area (Å²) in [5.74, 6) is -0.301. The van der Waals surface area contributed by atoms with E-state index >= 15 is 0 Å². The van der Waals surface area contributed by atoms with Gasteiger partial charge in [0.1, 0.15) is 5.82 Å². The van der Waals surface area contributed by atoms with Crippen LogP contribution in [0.3, 0.4) is 0 Å². The molecule has 0 aromatic heterocycles. The minimum atomic E-state index is -0.305. The molecule has 2 rings (SSSR count). The van der Waals surface area contributed by atoms with Crippen molar-refractivity contribution >= 4 is 5.91 Å². The average Bonchev–Trinajstić information content (AvgIpc) is 2.67. The standard InChI is InChI=1S/C15H22FN3O/c16-14-5-2-1-4-13(14)12-15(20)19-8-3-7-18(9-6-17)10-11-19/h1-2,4-5H,3,6-12,17H2. The molecule has 4 nitrogen and oxygen atoms in total. The highest BCUT2D eigenvalue weighted by Gasteiger charge is 2.19. The Bertz CT molecular complexity index is 452. The lowest BCUT2D eigenvalue weighted by molar-refractivity contribution is -0.130. The van der Waals surface area contributed by atoms with Crippen molar-refractivity contribution in [3.8, 4) is 0 Å². The van der Waals surface area contributed by atoms with Crippen molar-refractivity contribution in [3.63, 3.8) is 0 Å². The molecular formula is C15H22FN3O. The van der Waals surface area contributed by atoms with Gasteiger partial charge in [-0.2, -0.15) is 0 Å². The van der Waals surface area contributed by atoms with Crippen LogP contribution in [0.5, 0.6) is 0 Å². The number of nitrogens with two attached hydrogens (primary N) is 1. The molecule has 1 aliphatic heterocycles. The predicted octanol–water partition coefficient (Wildman–Crippen LogP) is 0.861. The summed E-state index contributed by atoms with van der Waals surface area (Å²) in [6, 6.07) is 6.47. The van der Waals surface area contributed by atoms with Crippen LogP contribution in [0.2, 0.25) is 0 Å². The number of amides is 1. The van der Waals surface area contributed by atoms with E-state index < -0.39 is 0 Å². The summed E-state index contributed by atoms with van der Waals surface area (Å²) in [6.07, 6.45) is 1.09. The molecule has 20 heavy (non-hydrogen) atoms. The van der Waals surface area contributed by atoms with Gasteiger partial charge in [0.15, 0.2) is 0 Å². The molecule has 0 radical (unpaired) electrons. The van der Waals surface area contributed by atoms with Gasteiger partial charge < -0.3 is 15.5 Å². The molecule has 0 spiro atoms. The van der Waals surface area contributed by atoms with Crippen molar-refractivity contribution in [2.24, 2.45) is 5.73 Å². The number of nitrogens with zero attached hydrogens (tertiary/aromatic N) is 2. The zero-order valence-corrected chi connectivity index (χ0v) is 11.7. The summed E-state index contributed by atoms with van der Waals surface area (Å²) in [6.45, 7) is 4.78. The third kappa shape index (κ3) is 4.02. The van der Waals surface area contributed by atoms with E-state index in [0.29, 0.717) is 18.7 Å². The third-order valence-corrected chi connectivity index (χ3v) is 3.69. The Morgan fingerprint density at radius 3 is 2.75 bits per heavy atom. The molecule has 1 aliphatic rings. The van der Waals surface area contributed by atoms with Gasteiger partial charge in [0.05, 0.1) is 6.42 Å². The van der Waals surface area contributed by atoms with Crippen molar-refractivity contribution < 1.29 is 9.18 Å². The molecule has 1 amide bonds. The van der Waals surface area contributed by atoms with E-state index in [-0.39, 0.29) is 18.1 Å². The fraction of sp³-hybridized carbons (Fsp3) is 0.533. The van der Waals surface area contributed by atoms with Crippen LogP contribution in [-0.2, 0) is 11.2 Å². The van der Waals surface area contributed by atoms with Crippen LogP contribution in [0, 0.1) is 5.82 Å². The molecule has 1 aromatic carbocycles. The largest absolute Gasteiger partial charge is 0.341 e. The van der Waals surface area contributed by atoms with Gasteiger partial charge >= 0.3 is 0 Å². The number of halogens is 1. The van der Waals surface area contributed by atoms with Gasteiger partial charge in [-0.15, -0.1) is 0 Å². The van der Waals surface area contributed by atoms with Gasteiger partial charge in [-0.1, -0.05) is 18.2 Å². The fourth-order valence-electron chi connectivity index (χ4n) is 2.54. The summed E-state index contributed by atoms with van der Waals surface area (Å²) in [5, 5.41) is 0. The first kappa shape index (κ1) is 14.9. The van der Waals surface area contributed by atoms with E-state index in [4.69, 9.17) is 5.73 Å². The SMILES string of the molecule is NCCN1CCCN(C(=O)Cc2ccccc2F)CC1. The minimum absolute atomic E-state index is 0.00435. The van der Waals surface area contributed by atoms with Crippen LogP contribution < -0.4 is 5.73 Å². The lowest BCUT2D eigenvalue weighted by Crippen LogP contribution is -2.37. The summed E-state index contributed by atoms with van der Waals surface area (Å²) >= 11 is 0. The highest BCUT2D eigenvalue weighted by molar-refractivity contribution is 5.78. The second-order valence-corrected chi connectivity index (χ2v) is 5.13. The van der Waals surface area contributed by atoms with Crippen LogP contribution in [0.15, 0.2) is 24.3 Å². The first-order chi connectivity index (χ1) is 9.70. The van der Waals surface area contributed by atoms with E-state index in [2.05, 4.69) is 4.90 Å². The van der Waals surface area contributed by atoms with E-state index in [9.17, 15) is 9.18 Å². The van der Waals surface area contributed by atoms with Gasteiger partial charge in [-0.05, 0) is 24.6 Å². The normalized spacial score (nSPS) is 17.0. The quantitative estimate of drug-likeness (QED) is 0.889. The maximum Gasteiger partial charge on any atom is 0.227 e. The van der Waals surface area contributed by atoms with Gasteiger partial charge in [0, 0.05) is 32.7 Å². The summed E-state index contributed by atoms with van der Waals surface area (Å²) in [7, 11) is 0. The van der Waals surface area contributed by atoms with Crippen molar-refractivity contribution in [1.29, 1.82) is 0 Å². The predicted molar refractivity (Wildman–Crippen MR) is 76.8 cm³/mol. The van der Waals surface area contributed by atoms with E-state index in [1.807, 2.05) is 4.90 Å². The van der Waals surface area contributed by atoms with E-state index in [1.54, 1.807) is 18.2 Å². The summed E-state index contributed by atoms with van der Waals surface area (Å²) in [5.41, 5.74) is 6.03. The van der Waals surface area contributed by atoms with Crippen LogP contribution >= 0.6 is 0 Å². The van der Waals surface area contributed by atoms with Crippen LogP contribution in [0.4, 0.5) is 4.39 Å². The first-order valence-corrected chi connectivity index (χ1v) is 7.14. The molecule has 5 heteroatoms. The maximum atomic E-state index is 13.6. The number of carbonyl (C=O) groups is 1. The van der Waals surface area contributed by atoms with Crippen molar-refractivity contribution in [3.05, 3.63) is 35.6 Å². The molecule has 0 unspecified atom stereocenters. The Hall–Kier alpha value is -1.46. The van der Waals surface area contributed by atoms with Crippen LogP contribution in [0.25, 0.3) is 0 Å². The monoisotopic (exact) mass is 279 g/mol. The molecule has 0 aliphatic carbocycles. The Kier molecular flexibility index (Phi) is 5.49. The lowest BCUT2D eigenvalue weighted by Gasteiger charge is -2.21. The number of hydrogen-bond donors (Lipinski definition) is 1. The lowest BCUT2D eigenvalue weighted by atomic mass is 10.1. The molecule has 110 valence electrons. The Labute approximate surface area is 119 Å². The van der Waals surface area contributed by atoms with Crippen molar-refractivity contribution in [2.45, 2.75) is 12.8 Å². The zero-order valence-electron chi connectivity index (χ0n) is 11.7. The zero-order chi connectivity index (χ0) is 14.4. The molecule has 1 saturated heterocycles. The Morgan fingerprint density at radius 1 is 1.20 bits per heavy atom. The van der Waals surface area contributed by atoms with Crippen LogP contribution in [0.1, 0.15) is 12.0 Å². The van der Waals surface area contributed by atoms with Crippen molar-refractivity contribution in [2.75, 3.05) is 39.3 Å². The number of rotatable bonds is 4. The minimum Gasteiger partial charge on any atom is -0.341 e. The molecule has 0 atom stereocenters. The van der Waals surface area contributed by atoms with Gasteiger partial charge in [-0.25, -0.2) is 4.39 Å². The van der Waals surface area contributed by atoms with E-state index in [0.717, 1.165) is 32.6 Å². The third-order valence-electron chi connectivity index (χ3n) is 3.69. The van der Waals surface area contributed by atoms with Gasteiger partial charge in [0.25, 0.3) is 0 Å².